The standard InChI is InChI=1S/C47H28F2N2/c48-47(49)42-12-6-5-11-40(42)41-22-21-35(27-43(41)47)34-17-13-31-15-19-37(26-39(31)25-34)45-28-44(36-18-14-29-7-1-3-9-32(29)23-36)50-46(51-45)38-20-16-30-8-2-4-10-33(30)24-38/h1-28H. The highest BCUT2D eigenvalue weighted by Crippen LogP contribution is 2.51. The summed E-state index contributed by atoms with van der Waals surface area (Å²) in [5.41, 5.74) is 7.49. The fraction of sp³-hybridized carbons (Fsp3) is 0.0213. The number of rotatable bonds is 4. The number of alkyl halides is 2. The fourth-order valence-corrected chi connectivity index (χ4v) is 7.49. The lowest BCUT2D eigenvalue weighted by Crippen LogP contribution is -2.10. The Morgan fingerprint density at radius 3 is 1.47 bits per heavy atom. The number of aromatic nitrogens is 2. The van der Waals surface area contributed by atoms with Gasteiger partial charge >= 0.3 is 0 Å². The first-order chi connectivity index (χ1) is 25.0. The smallest absolute Gasteiger partial charge is 0.228 e. The van der Waals surface area contributed by atoms with Gasteiger partial charge in [0.25, 0.3) is 5.92 Å². The van der Waals surface area contributed by atoms with Gasteiger partial charge in [-0.25, -0.2) is 9.97 Å². The van der Waals surface area contributed by atoms with E-state index < -0.39 is 5.92 Å². The molecule has 0 bridgehead atoms. The lowest BCUT2D eigenvalue weighted by Gasteiger charge is -2.14. The van der Waals surface area contributed by atoms with Gasteiger partial charge in [-0.3, -0.25) is 0 Å². The van der Waals surface area contributed by atoms with E-state index in [1.165, 1.54) is 11.5 Å². The van der Waals surface area contributed by atoms with Crippen molar-refractivity contribution in [1.29, 1.82) is 0 Å². The number of benzene rings is 8. The second-order valence-corrected chi connectivity index (χ2v) is 13.2. The predicted octanol–water partition coefficient (Wildman–Crippen LogP) is 12.7. The summed E-state index contributed by atoms with van der Waals surface area (Å²) in [5.74, 6) is -2.39. The Morgan fingerprint density at radius 2 is 0.784 bits per heavy atom. The third-order valence-corrected chi connectivity index (χ3v) is 10.2. The molecule has 1 aromatic heterocycles. The van der Waals surface area contributed by atoms with Gasteiger partial charge in [-0.15, -0.1) is 0 Å². The zero-order valence-electron chi connectivity index (χ0n) is 27.3. The van der Waals surface area contributed by atoms with Gasteiger partial charge in [-0.1, -0.05) is 133 Å². The normalized spacial score (nSPS) is 13.1. The molecule has 1 aliphatic rings. The van der Waals surface area contributed by atoms with E-state index in [0.717, 1.165) is 66.1 Å². The van der Waals surface area contributed by atoms with Crippen LogP contribution in [0.15, 0.2) is 170 Å². The molecule has 0 spiro atoms. The Kier molecular flexibility index (Phi) is 6.49. The molecule has 2 nitrogen and oxygen atoms in total. The Morgan fingerprint density at radius 1 is 0.333 bits per heavy atom. The van der Waals surface area contributed by atoms with Crippen LogP contribution in [0.25, 0.3) is 88.5 Å². The summed E-state index contributed by atoms with van der Waals surface area (Å²) in [5, 5.41) is 6.66. The number of nitrogens with zero attached hydrogens (tertiary/aromatic N) is 2. The van der Waals surface area contributed by atoms with Gasteiger partial charge in [0.1, 0.15) is 0 Å². The van der Waals surface area contributed by atoms with E-state index in [4.69, 9.17) is 9.97 Å². The second kappa shape index (κ2) is 11.3. The SMILES string of the molecule is FC1(F)c2ccccc2-c2ccc(-c3ccc4ccc(-c5cc(-c6ccc7ccccc7c6)nc(-c6ccc7ccccc7c6)n5)cc4c3)cc21. The van der Waals surface area contributed by atoms with Crippen molar-refractivity contribution in [1.82, 2.24) is 9.97 Å². The van der Waals surface area contributed by atoms with E-state index in [9.17, 15) is 0 Å². The first-order valence-electron chi connectivity index (χ1n) is 17.0. The van der Waals surface area contributed by atoms with Crippen molar-refractivity contribution >= 4 is 32.3 Å². The van der Waals surface area contributed by atoms with E-state index in [-0.39, 0.29) is 11.1 Å². The van der Waals surface area contributed by atoms with Crippen LogP contribution in [0.4, 0.5) is 8.78 Å². The van der Waals surface area contributed by atoms with Crippen LogP contribution in [-0.2, 0) is 5.92 Å². The van der Waals surface area contributed by atoms with Crippen LogP contribution in [0.1, 0.15) is 11.1 Å². The molecule has 8 aromatic carbocycles. The van der Waals surface area contributed by atoms with Crippen molar-refractivity contribution in [2.45, 2.75) is 5.92 Å². The first-order valence-corrected chi connectivity index (χ1v) is 17.0. The minimum atomic E-state index is -3.04. The van der Waals surface area contributed by atoms with Crippen LogP contribution in [-0.4, -0.2) is 9.97 Å². The molecule has 1 aliphatic carbocycles. The van der Waals surface area contributed by atoms with Gasteiger partial charge < -0.3 is 0 Å². The summed E-state index contributed by atoms with van der Waals surface area (Å²) in [4.78, 5) is 10.2. The molecule has 0 aliphatic heterocycles. The summed E-state index contributed by atoms with van der Waals surface area (Å²) < 4.78 is 31.1. The zero-order valence-corrected chi connectivity index (χ0v) is 27.3. The quantitative estimate of drug-likeness (QED) is 0.188. The second-order valence-electron chi connectivity index (χ2n) is 13.2. The molecule has 0 N–H and O–H groups in total. The number of fused-ring (bicyclic) bond motifs is 6. The third kappa shape index (κ3) is 4.91. The molecular weight excluding hydrogens is 631 g/mol. The van der Waals surface area contributed by atoms with E-state index in [1.807, 2.05) is 42.5 Å². The van der Waals surface area contributed by atoms with Crippen molar-refractivity contribution in [3.8, 4) is 56.2 Å². The Bertz CT molecular complexity index is 2760. The van der Waals surface area contributed by atoms with Crippen LogP contribution in [0.5, 0.6) is 0 Å². The highest BCUT2D eigenvalue weighted by molar-refractivity contribution is 5.93. The topological polar surface area (TPSA) is 25.8 Å². The molecule has 0 radical (unpaired) electrons. The van der Waals surface area contributed by atoms with Gasteiger partial charge in [0.2, 0.25) is 0 Å². The molecule has 0 atom stereocenters. The summed E-state index contributed by atoms with van der Waals surface area (Å²) in [6.07, 6.45) is 0. The molecule has 9 aromatic rings. The van der Waals surface area contributed by atoms with Gasteiger partial charge in [-0.2, -0.15) is 8.78 Å². The number of hydrogen-bond acceptors (Lipinski definition) is 2. The molecule has 4 heteroatoms. The minimum absolute atomic E-state index is 0.0541. The van der Waals surface area contributed by atoms with Crippen molar-refractivity contribution in [2.24, 2.45) is 0 Å². The zero-order chi connectivity index (χ0) is 34.1. The molecule has 0 saturated heterocycles. The first kappa shape index (κ1) is 29.4. The van der Waals surface area contributed by atoms with Crippen molar-refractivity contribution in [3.05, 3.63) is 181 Å². The van der Waals surface area contributed by atoms with Crippen molar-refractivity contribution in [3.63, 3.8) is 0 Å². The third-order valence-electron chi connectivity index (χ3n) is 10.2. The van der Waals surface area contributed by atoms with Gasteiger partial charge in [0, 0.05) is 27.8 Å². The molecule has 51 heavy (non-hydrogen) atoms. The number of halogens is 2. The molecular formula is C47H28F2N2. The van der Waals surface area contributed by atoms with Crippen LogP contribution in [0.2, 0.25) is 0 Å². The summed E-state index contributed by atoms with van der Waals surface area (Å²) >= 11 is 0. The molecule has 1 heterocycles. The predicted molar refractivity (Wildman–Crippen MR) is 205 cm³/mol. The molecule has 0 amide bonds. The molecule has 0 fully saturated rings. The van der Waals surface area contributed by atoms with Crippen molar-refractivity contribution in [2.75, 3.05) is 0 Å². The van der Waals surface area contributed by atoms with Crippen LogP contribution < -0.4 is 0 Å². The van der Waals surface area contributed by atoms with E-state index in [1.54, 1.807) is 18.2 Å². The Balaban J connectivity index is 1.10. The molecule has 0 saturated carbocycles. The molecule has 10 rings (SSSR count). The molecule has 0 unspecified atom stereocenters. The van der Waals surface area contributed by atoms with Crippen LogP contribution in [0.3, 0.4) is 0 Å². The maximum absolute atomic E-state index is 15.6. The maximum atomic E-state index is 15.6. The Labute approximate surface area is 293 Å². The van der Waals surface area contributed by atoms with E-state index in [2.05, 4.69) is 103 Å². The number of hydrogen-bond donors (Lipinski definition) is 0. The highest BCUT2D eigenvalue weighted by atomic mass is 19.3. The summed E-state index contributed by atoms with van der Waals surface area (Å²) in [6, 6.07) is 56.1. The summed E-state index contributed by atoms with van der Waals surface area (Å²) in [7, 11) is 0. The average Bonchev–Trinajstić information content (AvgIpc) is 3.42. The van der Waals surface area contributed by atoms with Crippen LogP contribution in [0, 0.1) is 0 Å². The van der Waals surface area contributed by atoms with Crippen molar-refractivity contribution < 1.29 is 8.78 Å². The summed E-state index contributed by atoms with van der Waals surface area (Å²) in [6.45, 7) is 0. The van der Waals surface area contributed by atoms with Gasteiger partial charge in [0.15, 0.2) is 5.82 Å². The monoisotopic (exact) mass is 658 g/mol. The highest BCUT2D eigenvalue weighted by Gasteiger charge is 2.44. The van der Waals surface area contributed by atoms with E-state index in [0.29, 0.717) is 17.0 Å². The van der Waals surface area contributed by atoms with Crippen LogP contribution >= 0.6 is 0 Å². The molecule has 240 valence electrons. The lowest BCUT2D eigenvalue weighted by atomic mass is 9.95. The van der Waals surface area contributed by atoms with Gasteiger partial charge in [0.05, 0.1) is 11.4 Å². The van der Waals surface area contributed by atoms with Gasteiger partial charge in [-0.05, 0) is 91.0 Å². The fourth-order valence-electron chi connectivity index (χ4n) is 7.49. The minimum Gasteiger partial charge on any atom is -0.228 e. The maximum Gasteiger partial charge on any atom is 0.299 e. The largest absolute Gasteiger partial charge is 0.299 e. The van der Waals surface area contributed by atoms with E-state index >= 15 is 8.78 Å². The average molecular weight is 659 g/mol. The lowest BCUT2D eigenvalue weighted by molar-refractivity contribution is 0.0480. The Hall–Kier alpha value is -6.52.